The molecule has 9 nitrogen and oxygen atoms in total. The zero-order chi connectivity index (χ0) is 25.1. The van der Waals surface area contributed by atoms with Gasteiger partial charge in [0, 0.05) is 12.1 Å². The summed E-state index contributed by atoms with van der Waals surface area (Å²) < 4.78 is 25.4. The molecular formula is C22H14ClFN4O5S2. The van der Waals surface area contributed by atoms with Crippen molar-refractivity contribution in [3.05, 3.63) is 80.3 Å². The van der Waals surface area contributed by atoms with Crippen molar-refractivity contribution in [2.45, 2.75) is 6.92 Å². The van der Waals surface area contributed by atoms with Gasteiger partial charge in [-0.15, -0.1) is 0 Å². The number of benzene rings is 2. The van der Waals surface area contributed by atoms with Crippen LogP contribution in [0.3, 0.4) is 0 Å². The van der Waals surface area contributed by atoms with Gasteiger partial charge in [0.1, 0.15) is 0 Å². The third-order valence-corrected chi connectivity index (χ3v) is 6.05. The smallest absolute Gasteiger partial charge is 0.270 e. The summed E-state index contributed by atoms with van der Waals surface area (Å²) in [4.78, 5) is 32.3. The predicted molar refractivity (Wildman–Crippen MR) is 133 cm³/mol. The highest BCUT2D eigenvalue weighted by Gasteiger charge is 2.33. The van der Waals surface area contributed by atoms with Crippen LogP contribution in [0.25, 0.3) is 6.08 Å². The lowest BCUT2D eigenvalue weighted by Gasteiger charge is -2.14. The van der Waals surface area contributed by atoms with Gasteiger partial charge in [-0.3, -0.25) is 19.8 Å². The lowest BCUT2D eigenvalue weighted by Crippen LogP contribution is -2.27. The molecule has 0 saturated carbocycles. The maximum absolute atomic E-state index is 14.0. The first kappa shape index (κ1) is 24.5. The Morgan fingerprint density at radius 2 is 2.00 bits per heavy atom. The molecule has 1 aromatic heterocycles. The number of thioether (sulfide) groups is 1. The van der Waals surface area contributed by atoms with Crippen molar-refractivity contribution < 1.29 is 23.6 Å². The van der Waals surface area contributed by atoms with E-state index in [9.17, 15) is 19.3 Å². The molecule has 2 heterocycles. The number of ether oxygens (including phenoxy) is 2. The number of amides is 1. The summed E-state index contributed by atoms with van der Waals surface area (Å²) in [5.41, 5.74) is 0.932. The van der Waals surface area contributed by atoms with Crippen LogP contribution in [0.2, 0.25) is 5.28 Å². The number of nitro benzene ring substituents is 1. The molecule has 0 N–H and O–H groups in total. The molecule has 1 saturated heterocycles. The first-order valence-electron chi connectivity index (χ1n) is 9.92. The number of nitro groups is 1. The lowest BCUT2D eigenvalue weighted by molar-refractivity contribution is -0.384. The Morgan fingerprint density at radius 3 is 2.69 bits per heavy atom. The van der Waals surface area contributed by atoms with E-state index in [0.717, 1.165) is 18.0 Å². The van der Waals surface area contributed by atoms with Gasteiger partial charge in [-0.1, -0.05) is 30.0 Å². The fraction of sp³-hybridized carbons (Fsp3) is 0.0909. The number of carbonyl (C=O) groups excluding carboxylic acids is 1. The van der Waals surface area contributed by atoms with E-state index in [1.54, 1.807) is 31.2 Å². The van der Waals surface area contributed by atoms with E-state index < -0.39 is 10.7 Å². The summed E-state index contributed by atoms with van der Waals surface area (Å²) in [6, 6.07) is 10.3. The standard InChI is InChI=1S/C22H14ClFN4O5S2/c1-2-32-17-9-12(3-8-16(17)33-19-15(24)11-25-21(23)26-19)10-18-20(29)27(22(34)35-18)13-4-6-14(7-5-13)28(30)31/h3-11H,2H2,1H3/b18-10-. The Labute approximate surface area is 212 Å². The molecule has 2 aromatic carbocycles. The molecule has 1 fully saturated rings. The molecule has 13 heteroatoms. The number of rotatable bonds is 7. The maximum atomic E-state index is 14.0. The Bertz CT molecular complexity index is 1370. The number of thiocarbonyl (C=S) groups is 1. The van der Waals surface area contributed by atoms with Crippen LogP contribution in [-0.4, -0.2) is 31.7 Å². The van der Waals surface area contributed by atoms with E-state index in [4.69, 9.17) is 33.3 Å². The van der Waals surface area contributed by atoms with Crippen LogP contribution in [0.1, 0.15) is 12.5 Å². The van der Waals surface area contributed by atoms with Crippen LogP contribution in [0, 0.1) is 15.9 Å². The maximum Gasteiger partial charge on any atom is 0.270 e. The second-order valence-electron chi connectivity index (χ2n) is 6.82. The summed E-state index contributed by atoms with van der Waals surface area (Å²) in [6.07, 6.45) is 2.52. The van der Waals surface area contributed by atoms with Gasteiger partial charge in [0.15, 0.2) is 15.8 Å². The minimum absolute atomic E-state index is 0.0930. The molecule has 0 unspecified atom stereocenters. The molecule has 1 aliphatic heterocycles. The van der Waals surface area contributed by atoms with Crippen molar-refractivity contribution in [3.63, 3.8) is 0 Å². The highest BCUT2D eigenvalue weighted by Crippen LogP contribution is 2.38. The normalized spacial score (nSPS) is 14.5. The fourth-order valence-corrected chi connectivity index (χ4v) is 4.46. The molecule has 3 aromatic rings. The molecule has 4 rings (SSSR count). The van der Waals surface area contributed by atoms with Crippen LogP contribution in [-0.2, 0) is 4.79 Å². The molecule has 0 bridgehead atoms. The Balaban J connectivity index is 1.60. The number of non-ortho nitro benzene ring substituents is 1. The van der Waals surface area contributed by atoms with Crippen molar-refractivity contribution in [2.75, 3.05) is 11.5 Å². The second-order valence-corrected chi connectivity index (χ2v) is 8.84. The summed E-state index contributed by atoms with van der Waals surface area (Å²) in [5.74, 6) is -1.04. The number of aromatic nitrogens is 2. The van der Waals surface area contributed by atoms with Gasteiger partial charge < -0.3 is 9.47 Å². The van der Waals surface area contributed by atoms with Gasteiger partial charge in [-0.2, -0.15) is 9.37 Å². The van der Waals surface area contributed by atoms with Crippen LogP contribution in [0.5, 0.6) is 17.4 Å². The molecule has 178 valence electrons. The highest BCUT2D eigenvalue weighted by atomic mass is 35.5. The van der Waals surface area contributed by atoms with Crippen LogP contribution in [0.4, 0.5) is 15.8 Å². The van der Waals surface area contributed by atoms with Gasteiger partial charge in [0.2, 0.25) is 11.1 Å². The zero-order valence-electron chi connectivity index (χ0n) is 17.8. The third-order valence-electron chi connectivity index (χ3n) is 4.57. The van der Waals surface area contributed by atoms with Gasteiger partial charge in [0.05, 0.1) is 28.3 Å². The van der Waals surface area contributed by atoms with Gasteiger partial charge in [0.25, 0.3) is 17.5 Å². The van der Waals surface area contributed by atoms with Crippen LogP contribution in [0.15, 0.2) is 53.6 Å². The molecule has 0 spiro atoms. The molecular weight excluding hydrogens is 519 g/mol. The van der Waals surface area contributed by atoms with Gasteiger partial charge >= 0.3 is 0 Å². The predicted octanol–water partition coefficient (Wildman–Crippen LogP) is 5.77. The summed E-state index contributed by atoms with van der Waals surface area (Å²) >= 11 is 12.2. The van der Waals surface area contributed by atoms with Crippen molar-refractivity contribution in [1.29, 1.82) is 0 Å². The average Bonchev–Trinajstić information content (AvgIpc) is 3.10. The van der Waals surface area contributed by atoms with Crippen LogP contribution >= 0.6 is 35.6 Å². The van der Waals surface area contributed by atoms with Gasteiger partial charge in [-0.05, 0) is 54.4 Å². The quantitative estimate of drug-likeness (QED) is 0.123. The largest absolute Gasteiger partial charge is 0.490 e. The Morgan fingerprint density at radius 1 is 1.26 bits per heavy atom. The molecule has 0 radical (unpaired) electrons. The average molecular weight is 533 g/mol. The molecule has 1 amide bonds. The number of anilines is 1. The summed E-state index contributed by atoms with van der Waals surface area (Å²) in [6.45, 7) is 2.07. The first-order valence-corrected chi connectivity index (χ1v) is 11.5. The molecule has 35 heavy (non-hydrogen) atoms. The molecule has 1 aliphatic rings. The minimum Gasteiger partial charge on any atom is -0.490 e. The number of hydrogen-bond donors (Lipinski definition) is 0. The SMILES string of the molecule is CCOc1cc(/C=C2\SC(=S)N(c3ccc([N+](=O)[O-])cc3)C2=O)ccc1Oc1nc(Cl)ncc1F. The van der Waals surface area contributed by atoms with E-state index in [1.165, 1.54) is 29.2 Å². The minimum atomic E-state index is -0.796. The fourth-order valence-electron chi connectivity index (χ4n) is 3.04. The van der Waals surface area contributed by atoms with Crippen molar-refractivity contribution >= 4 is 63.3 Å². The van der Waals surface area contributed by atoms with E-state index in [-0.39, 0.29) is 32.8 Å². The van der Waals surface area contributed by atoms with Crippen LogP contribution < -0.4 is 14.4 Å². The zero-order valence-corrected chi connectivity index (χ0v) is 20.2. The van der Waals surface area contributed by atoms with Gasteiger partial charge in [-0.25, -0.2) is 4.98 Å². The Kier molecular flexibility index (Phi) is 7.24. The monoisotopic (exact) mass is 532 g/mol. The van der Waals surface area contributed by atoms with E-state index >= 15 is 0 Å². The number of carbonyl (C=O) groups is 1. The van der Waals surface area contributed by atoms with Crippen molar-refractivity contribution in [3.8, 4) is 17.4 Å². The third kappa shape index (κ3) is 5.39. The number of halogens is 2. The highest BCUT2D eigenvalue weighted by molar-refractivity contribution is 8.27. The van der Waals surface area contributed by atoms with E-state index in [1.807, 2.05) is 0 Å². The summed E-state index contributed by atoms with van der Waals surface area (Å²) in [5, 5.41) is 10.7. The summed E-state index contributed by atoms with van der Waals surface area (Å²) in [7, 11) is 0. The molecule has 0 atom stereocenters. The Hall–Kier alpha value is -3.61. The first-order chi connectivity index (χ1) is 16.8. The second kappa shape index (κ2) is 10.3. The number of hydrogen-bond acceptors (Lipinski definition) is 9. The number of nitrogens with zero attached hydrogens (tertiary/aromatic N) is 4. The van der Waals surface area contributed by atoms with Crippen molar-refractivity contribution in [1.82, 2.24) is 9.97 Å². The lowest BCUT2D eigenvalue weighted by atomic mass is 10.1. The van der Waals surface area contributed by atoms with Crippen molar-refractivity contribution in [2.24, 2.45) is 0 Å². The molecule has 0 aliphatic carbocycles. The topological polar surface area (TPSA) is 108 Å². The van der Waals surface area contributed by atoms with E-state index in [2.05, 4.69) is 9.97 Å². The van der Waals surface area contributed by atoms with E-state index in [0.29, 0.717) is 28.5 Å².